The molecule has 8 nitrogen and oxygen atoms in total. The van der Waals surface area contributed by atoms with E-state index in [-0.39, 0.29) is 29.8 Å². The number of nitrogens with one attached hydrogen (secondary N) is 1. The number of carbonyl (C=O) groups excluding carboxylic acids is 1. The molecule has 8 heteroatoms. The molecule has 0 saturated carbocycles. The van der Waals surface area contributed by atoms with Crippen LogP contribution in [0.1, 0.15) is 32.8 Å². The third-order valence-corrected chi connectivity index (χ3v) is 4.25. The Balaban J connectivity index is 1.67. The van der Waals surface area contributed by atoms with E-state index in [4.69, 9.17) is 14.6 Å². The first-order valence-corrected chi connectivity index (χ1v) is 8.51. The van der Waals surface area contributed by atoms with Gasteiger partial charge < -0.3 is 25.0 Å². The lowest BCUT2D eigenvalue weighted by Gasteiger charge is -2.32. The normalized spacial score (nSPS) is 19.3. The Bertz CT molecular complexity index is 808. The number of amides is 1. The Hall–Kier alpha value is -2.97. The van der Waals surface area contributed by atoms with Gasteiger partial charge in [-0.1, -0.05) is 0 Å². The Morgan fingerprint density at radius 2 is 2.04 bits per heavy atom. The van der Waals surface area contributed by atoms with Gasteiger partial charge in [0.2, 0.25) is 0 Å². The minimum absolute atomic E-state index is 0.168. The molecule has 0 bridgehead atoms. The number of rotatable bonds is 6. The van der Waals surface area contributed by atoms with E-state index in [0.717, 1.165) is 0 Å². The number of pyridine rings is 1. The highest BCUT2D eigenvalue weighted by Crippen LogP contribution is 2.19. The van der Waals surface area contributed by atoms with Gasteiger partial charge in [-0.2, -0.15) is 0 Å². The van der Waals surface area contributed by atoms with Crippen LogP contribution in [-0.4, -0.2) is 52.4 Å². The molecule has 1 aromatic heterocycles. The lowest BCUT2D eigenvalue weighted by molar-refractivity contribution is -0.0135. The molecule has 2 aromatic rings. The predicted molar refractivity (Wildman–Crippen MR) is 94.7 cm³/mol. The van der Waals surface area contributed by atoms with Crippen LogP contribution >= 0.6 is 0 Å². The number of carboxylic acid groups (broad SMARTS) is 1. The molecular formula is C19H20N2O6. The lowest BCUT2D eigenvalue weighted by Crippen LogP contribution is -2.51. The van der Waals surface area contributed by atoms with Gasteiger partial charge in [0.1, 0.15) is 17.5 Å². The van der Waals surface area contributed by atoms with Crippen LogP contribution in [0.25, 0.3) is 0 Å². The quantitative estimate of drug-likeness (QED) is 0.698. The van der Waals surface area contributed by atoms with E-state index >= 15 is 0 Å². The standard InChI is InChI=1S/C19H20N2O6/c22-10-12-5-7-20-16(9-12)18(23)21-15-6-8-26-11-17(15)27-14-3-1-13(2-4-14)19(24)25/h1-5,7,9,15,17,22H,6,8,10-11H2,(H,21,23)(H,24,25)/t15-,17-/m1/s1. The van der Waals surface area contributed by atoms with Crippen molar-refractivity contribution in [2.45, 2.75) is 25.2 Å². The topological polar surface area (TPSA) is 118 Å². The molecule has 1 aliphatic heterocycles. The van der Waals surface area contributed by atoms with E-state index < -0.39 is 12.1 Å². The maximum Gasteiger partial charge on any atom is 0.335 e. The van der Waals surface area contributed by atoms with Gasteiger partial charge in [0.15, 0.2) is 0 Å². The summed E-state index contributed by atoms with van der Waals surface area (Å²) in [4.78, 5) is 27.4. The van der Waals surface area contributed by atoms with Gasteiger partial charge in [-0.15, -0.1) is 0 Å². The fourth-order valence-corrected chi connectivity index (χ4v) is 2.78. The number of carbonyl (C=O) groups is 2. The van der Waals surface area contributed by atoms with Crippen molar-refractivity contribution < 1.29 is 29.3 Å². The molecular weight excluding hydrogens is 352 g/mol. The summed E-state index contributed by atoms with van der Waals surface area (Å²) in [6, 6.07) is 8.95. The van der Waals surface area contributed by atoms with E-state index in [1.54, 1.807) is 18.2 Å². The van der Waals surface area contributed by atoms with Crippen molar-refractivity contribution in [3.63, 3.8) is 0 Å². The molecule has 0 unspecified atom stereocenters. The van der Waals surface area contributed by atoms with E-state index in [9.17, 15) is 14.7 Å². The second kappa shape index (κ2) is 8.61. The molecule has 1 aliphatic rings. The van der Waals surface area contributed by atoms with Crippen molar-refractivity contribution in [1.82, 2.24) is 10.3 Å². The summed E-state index contributed by atoms with van der Waals surface area (Å²) in [5.41, 5.74) is 0.994. The number of benzene rings is 1. The predicted octanol–water partition coefficient (Wildman–Crippen LogP) is 1.24. The minimum atomic E-state index is -1.01. The number of hydrogen-bond acceptors (Lipinski definition) is 6. The first kappa shape index (κ1) is 18.8. The van der Waals surface area contributed by atoms with Crippen LogP contribution in [0.5, 0.6) is 5.75 Å². The van der Waals surface area contributed by atoms with Gasteiger partial charge in [0.05, 0.1) is 24.8 Å². The number of hydrogen-bond donors (Lipinski definition) is 3. The zero-order valence-electron chi connectivity index (χ0n) is 14.5. The monoisotopic (exact) mass is 372 g/mol. The zero-order valence-corrected chi connectivity index (χ0v) is 14.5. The van der Waals surface area contributed by atoms with Gasteiger partial charge in [-0.3, -0.25) is 9.78 Å². The van der Waals surface area contributed by atoms with Gasteiger partial charge in [0.25, 0.3) is 5.91 Å². The summed E-state index contributed by atoms with van der Waals surface area (Å²) in [7, 11) is 0. The van der Waals surface area contributed by atoms with Crippen LogP contribution in [0.3, 0.4) is 0 Å². The second-order valence-electron chi connectivity index (χ2n) is 6.14. The average molecular weight is 372 g/mol. The first-order chi connectivity index (χ1) is 13.1. The summed E-state index contributed by atoms with van der Waals surface area (Å²) in [5, 5.41) is 21.1. The van der Waals surface area contributed by atoms with Crippen molar-refractivity contribution in [3.8, 4) is 5.75 Å². The van der Waals surface area contributed by atoms with E-state index in [1.165, 1.54) is 24.4 Å². The molecule has 3 N–H and O–H groups in total. The molecule has 1 aromatic carbocycles. The molecule has 1 fully saturated rings. The van der Waals surface area contributed by atoms with Crippen molar-refractivity contribution >= 4 is 11.9 Å². The number of aliphatic hydroxyl groups is 1. The van der Waals surface area contributed by atoms with Gasteiger partial charge in [-0.05, 0) is 48.4 Å². The van der Waals surface area contributed by atoms with Crippen LogP contribution in [-0.2, 0) is 11.3 Å². The van der Waals surface area contributed by atoms with Crippen LogP contribution in [0, 0.1) is 0 Å². The molecule has 0 radical (unpaired) electrons. The van der Waals surface area contributed by atoms with E-state index in [1.807, 2.05) is 0 Å². The molecule has 1 amide bonds. The molecule has 2 atom stereocenters. The Morgan fingerprint density at radius 1 is 1.26 bits per heavy atom. The third kappa shape index (κ3) is 4.81. The van der Waals surface area contributed by atoms with Crippen LogP contribution in [0.15, 0.2) is 42.6 Å². The average Bonchev–Trinajstić information content (AvgIpc) is 2.70. The number of aromatic nitrogens is 1. The van der Waals surface area contributed by atoms with Crippen molar-refractivity contribution in [3.05, 3.63) is 59.4 Å². The maximum atomic E-state index is 12.5. The second-order valence-corrected chi connectivity index (χ2v) is 6.14. The Kier molecular flexibility index (Phi) is 6.00. The summed E-state index contributed by atoms with van der Waals surface area (Å²) < 4.78 is 11.3. The first-order valence-electron chi connectivity index (χ1n) is 8.51. The van der Waals surface area contributed by atoms with Gasteiger partial charge >= 0.3 is 5.97 Å². The highest BCUT2D eigenvalue weighted by Gasteiger charge is 2.29. The summed E-state index contributed by atoms with van der Waals surface area (Å²) in [6.45, 7) is 0.626. The van der Waals surface area contributed by atoms with Crippen LogP contribution in [0.4, 0.5) is 0 Å². The van der Waals surface area contributed by atoms with E-state index in [0.29, 0.717) is 30.9 Å². The highest BCUT2D eigenvalue weighted by molar-refractivity contribution is 5.92. The molecule has 0 aliphatic carbocycles. The molecule has 3 rings (SSSR count). The number of nitrogens with zero attached hydrogens (tertiary/aromatic N) is 1. The molecule has 27 heavy (non-hydrogen) atoms. The van der Waals surface area contributed by atoms with Gasteiger partial charge in [0, 0.05) is 12.8 Å². The zero-order chi connectivity index (χ0) is 19.2. The largest absolute Gasteiger partial charge is 0.486 e. The van der Waals surface area contributed by atoms with Crippen molar-refractivity contribution in [1.29, 1.82) is 0 Å². The highest BCUT2D eigenvalue weighted by atomic mass is 16.5. The van der Waals surface area contributed by atoms with E-state index in [2.05, 4.69) is 10.3 Å². The van der Waals surface area contributed by atoms with Gasteiger partial charge in [-0.25, -0.2) is 4.79 Å². The van der Waals surface area contributed by atoms with Crippen LogP contribution < -0.4 is 10.1 Å². The summed E-state index contributed by atoms with van der Waals surface area (Å²) in [5.74, 6) is -0.868. The SMILES string of the molecule is O=C(O)c1ccc(O[C@@H]2COCC[C@H]2NC(=O)c2cc(CO)ccn2)cc1. The number of aromatic carboxylic acids is 1. The fraction of sp³-hybridized carbons (Fsp3) is 0.316. The fourth-order valence-electron chi connectivity index (χ4n) is 2.78. The molecule has 142 valence electrons. The smallest absolute Gasteiger partial charge is 0.335 e. The lowest BCUT2D eigenvalue weighted by atomic mass is 10.1. The van der Waals surface area contributed by atoms with Crippen molar-refractivity contribution in [2.75, 3.05) is 13.2 Å². The molecule has 2 heterocycles. The maximum absolute atomic E-state index is 12.5. The molecule has 1 saturated heterocycles. The minimum Gasteiger partial charge on any atom is -0.486 e. The van der Waals surface area contributed by atoms with Crippen LogP contribution in [0.2, 0.25) is 0 Å². The number of aliphatic hydroxyl groups excluding tert-OH is 1. The third-order valence-electron chi connectivity index (χ3n) is 4.25. The Labute approximate surface area is 155 Å². The van der Waals surface area contributed by atoms with Crippen molar-refractivity contribution in [2.24, 2.45) is 0 Å². The summed E-state index contributed by atoms with van der Waals surface area (Å²) in [6.07, 6.45) is 1.63. The Morgan fingerprint density at radius 3 is 2.74 bits per heavy atom. The summed E-state index contributed by atoms with van der Waals surface area (Å²) >= 11 is 0. The molecule has 0 spiro atoms. The number of carboxylic acids is 1. The number of ether oxygens (including phenoxy) is 2.